The van der Waals surface area contributed by atoms with Crippen LogP contribution in [-0.2, 0) is 16.1 Å². The average Bonchev–Trinajstić information content (AvgIpc) is 2.93. The number of nitrogens with zero attached hydrogens (tertiary/aromatic N) is 3. The second-order valence-electron chi connectivity index (χ2n) is 8.45. The topological polar surface area (TPSA) is 82.9 Å². The summed E-state index contributed by atoms with van der Waals surface area (Å²) in [6.07, 6.45) is 0. The van der Waals surface area contributed by atoms with E-state index in [1.807, 2.05) is 43.3 Å². The molecule has 1 aromatic heterocycles. The Kier molecular flexibility index (Phi) is 8.25. The van der Waals surface area contributed by atoms with Crippen LogP contribution in [-0.4, -0.2) is 48.2 Å². The van der Waals surface area contributed by atoms with E-state index in [1.54, 1.807) is 44.5 Å². The van der Waals surface area contributed by atoms with Gasteiger partial charge in [-0.3, -0.25) is 14.2 Å². The molecule has 0 saturated heterocycles. The van der Waals surface area contributed by atoms with Crippen molar-refractivity contribution in [2.45, 2.75) is 19.6 Å². The van der Waals surface area contributed by atoms with E-state index in [0.717, 1.165) is 5.56 Å². The highest BCUT2D eigenvalue weighted by Gasteiger charge is 2.26. The molecule has 1 unspecified atom stereocenters. The summed E-state index contributed by atoms with van der Waals surface area (Å²) >= 11 is 3.58. The number of para-hydroxylation sites is 1. The molecule has 0 aliphatic heterocycles. The predicted molar refractivity (Wildman–Crippen MR) is 145 cm³/mol. The number of likely N-dealkylation sites (N-methyl/N-ethyl adjacent to an activating group) is 1. The Morgan fingerprint density at radius 1 is 1.05 bits per heavy atom. The summed E-state index contributed by atoms with van der Waals surface area (Å²) in [7, 11) is 4.75. The summed E-state index contributed by atoms with van der Waals surface area (Å²) < 4.78 is 18.7. The predicted octanol–water partition coefficient (Wildman–Crippen LogP) is 4.90. The number of amides is 1. The quantitative estimate of drug-likeness (QED) is 0.287. The molecule has 0 radical (unpaired) electrons. The Bertz CT molecular complexity index is 1470. The van der Waals surface area contributed by atoms with Crippen molar-refractivity contribution in [3.05, 3.63) is 92.9 Å². The molecule has 0 bridgehead atoms. The minimum atomic E-state index is -0.561. The van der Waals surface area contributed by atoms with Gasteiger partial charge in [0.25, 0.3) is 5.56 Å². The van der Waals surface area contributed by atoms with Crippen molar-refractivity contribution in [1.82, 2.24) is 14.5 Å². The van der Waals surface area contributed by atoms with Gasteiger partial charge in [-0.2, -0.15) is 0 Å². The number of ether oxygens (including phenoxy) is 3. The molecule has 0 aliphatic rings. The second kappa shape index (κ2) is 11.6. The van der Waals surface area contributed by atoms with E-state index in [1.165, 1.54) is 16.6 Å². The van der Waals surface area contributed by atoms with E-state index in [0.29, 0.717) is 45.0 Å². The lowest BCUT2D eigenvalue weighted by molar-refractivity contribution is -0.137. The number of carbonyl (C=O) groups excluding carboxylic acids is 1. The van der Waals surface area contributed by atoms with Gasteiger partial charge >= 0.3 is 0 Å². The van der Waals surface area contributed by atoms with Gasteiger partial charge in [-0.1, -0.05) is 42.5 Å². The number of rotatable bonds is 9. The Morgan fingerprint density at radius 2 is 1.76 bits per heavy atom. The largest absolute Gasteiger partial charge is 0.497 e. The van der Waals surface area contributed by atoms with Gasteiger partial charge in [-0.05, 0) is 40.5 Å². The summed E-state index contributed by atoms with van der Waals surface area (Å²) in [4.78, 5) is 33.2. The van der Waals surface area contributed by atoms with Crippen molar-refractivity contribution in [2.75, 3.05) is 27.9 Å². The fourth-order valence-electron chi connectivity index (χ4n) is 3.97. The highest BCUT2D eigenvalue weighted by molar-refractivity contribution is 9.10. The van der Waals surface area contributed by atoms with Crippen molar-refractivity contribution in [1.29, 1.82) is 0 Å². The van der Waals surface area contributed by atoms with Gasteiger partial charge in [-0.25, -0.2) is 4.98 Å². The van der Waals surface area contributed by atoms with Gasteiger partial charge < -0.3 is 19.1 Å². The van der Waals surface area contributed by atoms with Crippen LogP contribution in [0.4, 0.5) is 0 Å². The fraction of sp³-hybridized carbons (Fsp3) is 0.250. The van der Waals surface area contributed by atoms with Gasteiger partial charge in [0.2, 0.25) is 5.91 Å². The third-order valence-electron chi connectivity index (χ3n) is 6.18. The summed E-state index contributed by atoms with van der Waals surface area (Å²) in [5, 5.41) is 0.451. The van der Waals surface area contributed by atoms with E-state index in [4.69, 9.17) is 19.2 Å². The van der Waals surface area contributed by atoms with Gasteiger partial charge in [0.05, 0.1) is 47.9 Å². The molecule has 0 saturated carbocycles. The average molecular weight is 566 g/mol. The molecule has 0 aliphatic carbocycles. The van der Waals surface area contributed by atoms with E-state index in [2.05, 4.69) is 15.9 Å². The van der Waals surface area contributed by atoms with Crippen LogP contribution in [0.1, 0.15) is 24.4 Å². The first kappa shape index (κ1) is 26.4. The number of methoxy groups -OCH3 is 2. The van der Waals surface area contributed by atoms with Crippen LogP contribution in [0.25, 0.3) is 16.6 Å². The monoisotopic (exact) mass is 565 g/mol. The van der Waals surface area contributed by atoms with Crippen molar-refractivity contribution in [3.63, 3.8) is 0 Å². The number of hydrogen-bond acceptors (Lipinski definition) is 6. The molecule has 0 spiro atoms. The molecule has 1 heterocycles. The summed E-state index contributed by atoms with van der Waals surface area (Å²) in [6, 6.07) is 19.7. The minimum absolute atomic E-state index is 0.107. The molecule has 37 heavy (non-hydrogen) atoms. The number of hydrogen-bond donors (Lipinski definition) is 0. The standard InChI is InChI=1S/C28H28BrN3O5/c1-18(31(2)25(33)17-37-16-19-10-6-5-7-11-19)27-30-22-13-9-8-12-21(22)28(34)32(27)23-14-20(35-3)15-24(36-4)26(23)29/h5-15,18H,16-17H2,1-4H3. The van der Waals surface area contributed by atoms with Gasteiger partial charge in [0.1, 0.15) is 23.9 Å². The highest BCUT2D eigenvalue weighted by atomic mass is 79.9. The Labute approximate surface area is 223 Å². The molecule has 9 heteroatoms. The molecule has 3 aromatic carbocycles. The lowest BCUT2D eigenvalue weighted by Gasteiger charge is -2.27. The minimum Gasteiger partial charge on any atom is -0.497 e. The maximum atomic E-state index is 13.8. The van der Waals surface area contributed by atoms with Crippen LogP contribution in [0.3, 0.4) is 0 Å². The van der Waals surface area contributed by atoms with Gasteiger partial charge in [-0.15, -0.1) is 0 Å². The summed E-state index contributed by atoms with van der Waals surface area (Å²) in [6.45, 7) is 2.04. The zero-order valence-electron chi connectivity index (χ0n) is 21.1. The van der Waals surface area contributed by atoms with Crippen molar-refractivity contribution in [3.8, 4) is 17.2 Å². The molecule has 192 valence electrons. The molecule has 1 atom stereocenters. The molecule has 1 amide bonds. The first-order valence-electron chi connectivity index (χ1n) is 11.7. The third kappa shape index (κ3) is 5.52. The molecule has 4 rings (SSSR count). The van der Waals surface area contributed by atoms with Crippen LogP contribution in [0.5, 0.6) is 11.5 Å². The van der Waals surface area contributed by atoms with Crippen molar-refractivity contribution >= 4 is 32.7 Å². The fourth-order valence-corrected chi connectivity index (χ4v) is 4.54. The Hall–Kier alpha value is -3.69. The highest BCUT2D eigenvalue weighted by Crippen LogP contribution is 2.36. The van der Waals surface area contributed by atoms with Crippen LogP contribution in [0.15, 0.2) is 76.0 Å². The second-order valence-corrected chi connectivity index (χ2v) is 9.24. The zero-order chi connectivity index (χ0) is 26.5. The lowest BCUT2D eigenvalue weighted by atomic mass is 10.2. The maximum absolute atomic E-state index is 13.8. The maximum Gasteiger partial charge on any atom is 0.266 e. The van der Waals surface area contributed by atoms with Crippen LogP contribution < -0.4 is 15.0 Å². The SMILES string of the molecule is COc1cc(OC)c(Br)c(-n2c(C(C)N(C)C(=O)COCc3ccccc3)nc3ccccc3c2=O)c1. The Balaban J connectivity index is 1.75. The molecular formula is C28H28BrN3O5. The van der Waals surface area contributed by atoms with Gasteiger partial charge in [0, 0.05) is 19.2 Å². The summed E-state index contributed by atoms with van der Waals surface area (Å²) in [5.41, 5.74) is 1.73. The molecular weight excluding hydrogens is 538 g/mol. The molecule has 0 N–H and O–H groups in total. The van der Waals surface area contributed by atoms with E-state index >= 15 is 0 Å². The van der Waals surface area contributed by atoms with Crippen LogP contribution in [0.2, 0.25) is 0 Å². The number of carbonyl (C=O) groups is 1. The number of aromatic nitrogens is 2. The third-order valence-corrected chi connectivity index (χ3v) is 6.97. The van der Waals surface area contributed by atoms with Crippen LogP contribution in [0, 0.1) is 0 Å². The molecule has 0 fully saturated rings. The van der Waals surface area contributed by atoms with E-state index in [9.17, 15) is 9.59 Å². The Morgan fingerprint density at radius 3 is 2.46 bits per heavy atom. The van der Waals surface area contributed by atoms with E-state index < -0.39 is 6.04 Å². The normalized spacial score (nSPS) is 11.8. The smallest absolute Gasteiger partial charge is 0.266 e. The van der Waals surface area contributed by atoms with Gasteiger partial charge in [0.15, 0.2) is 0 Å². The van der Waals surface area contributed by atoms with Crippen molar-refractivity contribution in [2.24, 2.45) is 0 Å². The zero-order valence-corrected chi connectivity index (χ0v) is 22.7. The van der Waals surface area contributed by atoms with E-state index in [-0.39, 0.29) is 18.1 Å². The van der Waals surface area contributed by atoms with Crippen LogP contribution >= 0.6 is 15.9 Å². The lowest BCUT2D eigenvalue weighted by Crippen LogP contribution is -2.36. The first-order valence-corrected chi connectivity index (χ1v) is 12.5. The number of halogens is 1. The summed E-state index contributed by atoms with van der Waals surface area (Å²) in [5.74, 6) is 1.15. The molecule has 8 nitrogen and oxygen atoms in total. The number of fused-ring (bicyclic) bond motifs is 1. The van der Waals surface area contributed by atoms with Crippen molar-refractivity contribution < 1.29 is 19.0 Å². The molecule has 4 aromatic rings. The number of benzene rings is 3. The first-order chi connectivity index (χ1) is 17.8.